The zero-order chi connectivity index (χ0) is 20.4. The van der Waals surface area contributed by atoms with E-state index in [1.807, 2.05) is 18.9 Å². The van der Waals surface area contributed by atoms with Crippen LogP contribution < -0.4 is 15.4 Å². The van der Waals surface area contributed by atoms with Crippen molar-refractivity contribution in [2.75, 3.05) is 20.1 Å². The van der Waals surface area contributed by atoms with Crippen molar-refractivity contribution in [3.63, 3.8) is 0 Å². The number of benzene rings is 1. The van der Waals surface area contributed by atoms with Crippen LogP contribution in [-0.4, -0.2) is 49.6 Å². The molecule has 0 radical (unpaired) electrons. The number of carbonyl (C=O) groups excluding carboxylic acids is 1. The van der Waals surface area contributed by atoms with E-state index in [2.05, 4.69) is 20.4 Å². The van der Waals surface area contributed by atoms with E-state index in [1.165, 1.54) is 31.4 Å². The Morgan fingerprint density at radius 1 is 1.25 bits per heavy atom. The van der Waals surface area contributed by atoms with E-state index in [0.717, 1.165) is 18.4 Å². The first kappa shape index (κ1) is 21.9. The molecule has 156 valence electrons. The molecule has 0 aromatic heterocycles. The molecule has 6 nitrogen and oxygen atoms in total. The Morgan fingerprint density at radius 3 is 2.54 bits per heavy atom. The monoisotopic (exact) mass is 396 g/mol. The second-order valence-electron chi connectivity index (χ2n) is 6.95. The third-order valence-corrected chi connectivity index (χ3v) is 4.61. The normalized spacial score (nSPS) is 15.4. The highest BCUT2D eigenvalue weighted by atomic mass is 19.3. The van der Waals surface area contributed by atoms with Crippen molar-refractivity contribution in [2.45, 2.75) is 58.2 Å². The highest BCUT2D eigenvalue weighted by molar-refractivity contribution is 5.85. The highest BCUT2D eigenvalue weighted by Crippen LogP contribution is 2.17. The Morgan fingerprint density at radius 2 is 1.93 bits per heavy atom. The van der Waals surface area contributed by atoms with Crippen LogP contribution in [0.3, 0.4) is 0 Å². The Hall–Kier alpha value is -2.38. The average Bonchev–Trinajstić information content (AvgIpc) is 2.67. The van der Waals surface area contributed by atoms with Gasteiger partial charge in [-0.1, -0.05) is 31.4 Å². The summed E-state index contributed by atoms with van der Waals surface area (Å²) in [5, 5.41) is 6.23. The lowest BCUT2D eigenvalue weighted by Crippen LogP contribution is -2.41. The van der Waals surface area contributed by atoms with Gasteiger partial charge in [0.15, 0.2) is 5.96 Å². The summed E-state index contributed by atoms with van der Waals surface area (Å²) in [5.74, 6) is 0.680. The molecule has 0 saturated heterocycles. The number of aliphatic imine (C=N–C) groups is 1. The van der Waals surface area contributed by atoms with E-state index in [4.69, 9.17) is 0 Å². The van der Waals surface area contributed by atoms with Crippen molar-refractivity contribution in [3.05, 3.63) is 29.8 Å². The fourth-order valence-electron chi connectivity index (χ4n) is 3.26. The first-order valence-electron chi connectivity index (χ1n) is 9.80. The SMILES string of the molecule is CCNC(=NCC(=O)NC1CCCCC1)N(C)Cc1ccc(OC(F)F)cc1. The van der Waals surface area contributed by atoms with Crippen molar-refractivity contribution in [2.24, 2.45) is 4.99 Å². The number of rotatable bonds is 8. The van der Waals surface area contributed by atoms with Gasteiger partial charge < -0.3 is 20.3 Å². The molecule has 1 fully saturated rings. The Kier molecular flexibility index (Phi) is 8.97. The fraction of sp³-hybridized carbons (Fsp3) is 0.600. The zero-order valence-electron chi connectivity index (χ0n) is 16.6. The van der Waals surface area contributed by atoms with Gasteiger partial charge >= 0.3 is 6.61 Å². The Balaban J connectivity index is 1.89. The number of ether oxygens (including phenoxy) is 1. The van der Waals surface area contributed by atoms with Crippen LogP contribution in [0.15, 0.2) is 29.3 Å². The smallest absolute Gasteiger partial charge is 0.387 e. The average molecular weight is 396 g/mol. The van der Waals surface area contributed by atoms with Crippen molar-refractivity contribution >= 4 is 11.9 Å². The molecular weight excluding hydrogens is 366 g/mol. The molecule has 1 amide bonds. The Bertz CT molecular complexity index is 632. The summed E-state index contributed by atoms with van der Waals surface area (Å²) in [4.78, 5) is 18.5. The third-order valence-electron chi connectivity index (χ3n) is 4.61. The zero-order valence-corrected chi connectivity index (χ0v) is 16.6. The van der Waals surface area contributed by atoms with Gasteiger partial charge in [-0.25, -0.2) is 4.99 Å². The van der Waals surface area contributed by atoms with Crippen LogP contribution in [-0.2, 0) is 11.3 Å². The minimum absolute atomic E-state index is 0.0656. The second-order valence-corrected chi connectivity index (χ2v) is 6.95. The first-order valence-corrected chi connectivity index (χ1v) is 9.80. The minimum Gasteiger partial charge on any atom is -0.435 e. The summed E-state index contributed by atoms with van der Waals surface area (Å²) in [6.07, 6.45) is 5.66. The standard InChI is InChI=1S/C20H30F2N4O2/c1-3-23-20(24-13-18(27)25-16-7-5-4-6-8-16)26(2)14-15-9-11-17(12-10-15)28-19(21)22/h9-12,16,19H,3-8,13-14H2,1-2H3,(H,23,24)(H,25,27). The summed E-state index contributed by atoms with van der Waals surface area (Å²) in [6.45, 7) is 0.395. The lowest BCUT2D eigenvalue weighted by atomic mass is 9.95. The van der Waals surface area contributed by atoms with Gasteiger partial charge in [-0.15, -0.1) is 0 Å². The molecule has 0 unspecified atom stereocenters. The summed E-state index contributed by atoms with van der Waals surface area (Å²) in [7, 11) is 1.87. The van der Waals surface area contributed by atoms with Gasteiger partial charge in [0.2, 0.25) is 5.91 Å². The highest BCUT2D eigenvalue weighted by Gasteiger charge is 2.16. The van der Waals surface area contributed by atoms with Gasteiger partial charge in [0.05, 0.1) is 0 Å². The molecule has 0 bridgehead atoms. The predicted octanol–water partition coefficient (Wildman–Crippen LogP) is 3.13. The van der Waals surface area contributed by atoms with Crippen LogP contribution in [0.25, 0.3) is 0 Å². The van der Waals surface area contributed by atoms with Crippen molar-refractivity contribution < 1.29 is 18.3 Å². The van der Waals surface area contributed by atoms with E-state index >= 15 is 0 Å². The lowest BCUT2D eigenvalue weighted by molar-refractivity contribution is -0.120. The number of amides is 1. The van der Waals surface area contributed by atoms with E-state index in [9.17, 15) is 13.6 Å². The van der Waals surface area contributed by atoms with Crippen molar-refractivity contribution in [3.8, 4) is 5.75 Å². The molecule has 0 spiro atoms. The quantitative estimate of drug-likeness (QED) is 0.523. The number of nitrogens with zero attached hydrogens (tertiary/aromatic N) is 2. The van der Waals surface area contributed by atoms with Gasteiger partial charge in [-0.3, -0.25) is 4.79 Å². The number of hydrogen-bond donors (Lipinski definition) is 2. The molecule has 0 heterocycles. The molecule has 1 aromatic carbocycles. The van der Waals surface area contributed by atoms with Gasteiger partial charge in [0.25, 0.3) is 0 Å². The van der Waals surface area contributed by atoms with Crippen LogP contribution in [0, 0.1) is 0 Å². The molecular formula is C20H30F2N4O2. The predicted molar refractivity (Wildman–Crippen MR) is 106 cm³/mol. The molecule has 1 aromatic rings. The van der Waals surface area contributed by atoms with Crippen molar-refractivity contribution in [1.29, 1.82) is 0 Å². The first-order chi connectivity index (χ1) is 13.5. The maximum absolute atomic E-state index is 12.2. The Labute approximate surface area is 165 Å². The van der Waals surface area contributed by atoms with Crippen LogP contribution in [0.5, 0.6) is 5.75 Å². The van der Waals surface area contributed by atoms with Crippen LogP contribution in [0.1, 0.15) is 44.6 Å². The maximum atomic E-state index is 12.2. The molecule has 8 heteroatoms. The van der Waals surface area contributed by atoms with E-state index in [-0.39, 0.29) is 24.2 Å². The molecule has 1 saturated carbocycles. The number of carbonyl (C=O) groups is 1. The van der Waals surface area contributed by atoms with Gasteiger partial charge in [0.1, 0.15) is 12.3 Å². The fourth-order valence-corrected chi connectivity index (χ4v) is 3.26. The van der Waals surface area contributed by atoms with Gasteiger partial charge in [0, 0.05) is 26.2 Å². The van der Waals surface area contributed by atoms with Gasteiger partial charge in [-0.05, 0) is 37.5 Å². The lowest BCUT2D eigenvalue weighted by Gasteiger charge is -2.24. The van der Waals surface area contributed by atoms with Crippen molar-refractivity contribution in [1.82, 2.24) is 15.5 Å². The van der Waals surface area contributed by atoms with Crippen LogP contribution >= 0.6 is 0 Å². The second kappa shape index (κ2) is 11.5. The van der Waals surface area contributed by atoms with Crippen LogP contribution in [0.2, 0.25) is 0 Å². The summed E-state index contributed by atoms with van der Waals surface area (Å²) < 4.78 is 28.8. The number of nitrogens with one attached hydrogen (secondary N) is 2. The summed E-state index contributed by atoms with van der Waals surface area (Å²) >= 11 is 0. The summed E-state index contributed by atoms with van der Waals surface area (Å²) in [6, 6.07) is 6.75. The molecule has 1 aliphatic carbocycles. The molecule has 0 atom stereocenters. The topological polar surface area (TPSA) is 66.0 Å². The van der Waals surface area contributed by atoms with Gasteiger partial charge in [-0.2, -0.15) is 8.78 Å². The molecule has 1 aliphatic rings. The van der Waals surface area contributed by atoms with E-state index < -0.39 is 6.61 Å². The summed E-state index contributed by atoms with van der Waals surface area (Å²) in [5.41, 5.74) is 0.918. The minimum atomic E-state index is -2.83. The third kappa shape index (κ3) is 7.70. The molecule has 0 aliphatic heterocycles. The molecule has 2 N–H and O–H groups in total. The number of hydrogen-bond acceptors (Lipinski definition) is 3. The molecule has 28 heavy (non-hydrogen) atoms. The van der Waals surface area contributed by atoms with E-state index in [0.29, 0.717) is 19.0 Å². The largest absolute Gasteiger partial charge is 0.435 e. The van der Waals surface area contributed by atoms with E-state index in [1.54, 1.807) is 12.1 Å². The number of halogens is 2. The number of alkyl halides is 2. The molecule has 2 rings (SSSR count). The van der Waals surface area contributed by atoms with Crippen LogP contribution in [0.4, 0.5) is 8.78 Å². The number of guanidine groups is 1. The maximum Gasteiger partial charge on any atom is 0.387 e.